The lowest BCUT2D eigenvalue weighted by atomic mass is 10.2. The maximum atomic E-state index is 10.4. The third kappa shape index (κ3) is 3.01. The maximum Gasteiger partial charge on any atom is 0.332 e. The highest BCUT2D eigenvalue weighted by molar-refractivity contribution is 6.70. The van der Waals surface area contributed by atoms with Crippen LogP contribution in [0.15, 0.2) is 29.4 Å². The van der Waals surface area contributed by atoms with Crippen LogP contribution in [0.1, 0.15) is 12.5 Å². The van der Waals surface area contributed by atoms with Gasteiger partial charge in [0.25, 0.3) is 0 Å². The number of hydrogen-bond donors (Lipinski definition) is 0. The van der Waals surface area contributed by atoms with Crippen molar-refractivity contribution in [3.05, 3.63) is 34.9 Å². The van der Waals surface area contributed by atoms with Crippen LogP contribution in [0.5, 0.6) is 0 Å². The van der Waals surface area contributed by atoms with Crippen LogP contribution in [-0.4, -0.2) is 11.1 Å². The zero-order valence-corrected chi connectivity index (χ0v) is 8.84. The summed E-state index contributed by atoms with van der Waals surface area (Å²) < 4.78 is 0. The van der Waals surface area contributed by atoms with Crippen LogP contribution < -0.4 is 0 Å². The minimum Gasteiger partial charge on any atom is -0.317 e. The Balaban J connectivity index is 2.89. The third-order valence-corrected chi connectivity index (χ3v) is 1.95. The van der Waals surface area contributed by atoms with Crippen molar-refractivity contribution in [1.29, 1.82) is 0 Å². The fourth-order valence-corrected chi connectivity index (χ4v) is 1.25. The van der Waals surface area contributed by atoms with E-state index in [0.717, 1.165) is 0 Å². The number of nitrogens with zero attached hydrogens (tertiary/aromatic N) is 1. The second kappa shape index (κ2) is 4.98. The third-order valence-electron chi connectivity index (χ3n) is 1.35. The van der Waals surface area contributed by atoms with Gasteiger partial charge in [-0.25, -0.2) is 4.79 Å². The Morgan fingerprint density at radius 3 is 2.64 bits per heavy atom. The summed E-state index contributed by atoms with van der Waals surface area (Å²) >= 11 is 11.6. The molecular weight excluding hydrogens is 225 g/mol. The maximum absolute atomic E-state index is 10.4. The van der Waals surface area contributed by atoms with E-state index in [1.165, 1.54) is 6.92 Å². The van der Waals surface area contributed by atoms with Crippen LogP contribution >= 0.6 is 23.2 Å². The van der Waals surface area contributed by atoms with Gasteiger partial charge in [0.05, 0.1) is 5.02 Å². The molecule has 5 heteroatoms. The Bertz CT molecular complexity index is 377. The van der Waals surface area contributed by atoms with Crippen LogP contribution in [0, 0.1) is 0 Å². The summed E-state index contributed by atoms with van der Waals surface area (Å²) in [6.07, 6.45) is 0. The molecule has 0 N–H and O–H groups in total. The van der Waals surface area contributed by atoms with Crippen molar-refractivity contribution < 1.29 is 9.63 Å². The average molecular weight is 232 g/mol. The molecule has 0 bridgehead atoms. The fraction of sp³-hybridized carbons (Fsp3) is 0.111. The molecule has 0 unspecified atom stereocenters. The highest BCUT2D eigenvalue weighted by atomic mass is 35.5. The van der Waals surface area contributed by atoms with Gasteiger partial charge in [-0.3, -0.25) is 0 Å². The number of hydrogen-bond acceptors (Lipinski definition) is 3. The Morgan fingerprint density at radius 2 is 2.07 bits per heavy atom. The predicted octanol–water partition coefficient (Wildman–Crippen LogP) is 2.80. The van der Waals surface area contributed by atoms with E-state index in [1.807, 2.05) is 0 Å². The van der Waals surface area contributed by atoms with Crippen molar-refractivity contribution in [1.82, 2.24) is 0 Å². The molecule has 0 aliphatic carbocycles. The van der Waals surface area contributed by atoms with Gasteiger partial charge in [0.2, 0.25) is 0 Å². The van der Waals surface area contributed by atoms with Gasteiger partial charge < -0.3 is 4.84 Å². The van der Waals surface area contributed by atoms with Crippen LogP contribution in [0.4, 0.5) is 0 Å². The molecule has 0 heterocycles. The zero-order chi connectivity index (χ0) is 10.6. The average Bonchev–Trinajstić information content (AvgIpc) is 2.15. The van der Waals surface area contributed by atoms with Crippen molar-refractivity contribution >= 4 is 34.3 Å². The molecule has 0 aliphatic heterocycles. The summed E-state index contributed by atoms with van der Waals surface area (Å²) in [7, 11) is 0. The van der Waals surface area contributed by atoms with Gasteiger partial charge in [-0.2, -0.15) is 0 Å². The zero-order valence-electron chi connectivity index (χ0n) is 7.33. The molecular formula is C9H7Cl2NO2. The Kier molecular flexibility index (Phi) is 3.92. The minimum atomic E-state index is -0.532. The summed E-state index contributed by atoms with van der Waals surface area (Å²) in [5.74, 6) is -0.532. The van der Waals surface area contributed by atoms with Gasteiger partial charge >= 0.3 is 5.97 Å². The largest absolute Gasteiger partial charge is 0.332 e. The highest BCUT2D eigenvalue weighted by Gasteiger charge is 2.05. The van der Waals surface area contributed by atoms with Crippen LogP contribution in [0.25, 0.3) is 0 Å². The molecule has 1 aromatic rings. The lowest BCUT2D eigenvalue weighted by Crippen LogP contribution is -1.97. The van der Waals surface area contributed by atoms with Crippen LogP contribution in [-0.2, 0) is 9.63 Å². The van der Waals surface area contributed by atoms with E-state index < -0.39 is 5.97 Å². The molecule has 0 aliphatic rings. The molecule has 0 radical (unpaired) electrons. The number of carbonyl (C=O) groups excluding carboxylic acids is 1. The predicted molar refractivity (Wildman–Crippen MR) is 55.6 cm³/mol. The quantitative estimate of drug-likeness (QED) is 0.446. The van der Waals surface area contributed by atoms with Crippen LogP contribution in [0.2, 0.25) is 5.02 Å². The van der Waals surface area contributed by atoms with Gasteiger partial charge in [0, 0.05) is 12.5 Å². The first-order chi connectivity index (χ1) is 6.61. The molecule has 0 saturated carbocycles. The highest BCUT2D eigenvalue weighted by Crippen LogP contribution is 2.17. The van der Waals surface area contributed by atoms with E-state index in [4.69, 9.17) is 23.2 Å². The second-order valence-electron chi connectivity index (χ2n) is 2.44. The Hall–Kier alpha value is -1.06. The molecule has 3 nitrogen and oxygen atoms in total. The van der Waals surface area contributed by atoms with Crippen molar-refractivity contribution in [2.75, 3.05) is 0 Å². The monoisotopic (exact) mass is 231 g/mol. The SMILES string of the molecule is CC(=O)O/N=C(\Cl)c1ccccc1Cl. The van der Waals surface area contributed by atoms with Crippen molar-refractivity contribution in [2.24, 2.45) is 5.16 Å². The number of oxime groups is 1. The van der Waals surface area contributed by atoms with E-state index in [9.17, 15) is 4.79 Å². The lowest BCUT2D eigenvalue weighted by Gasteiger charge is -1.99. The molecule has 0 aromatic heterocycles. The van der Waals surface area contributed by atoms with Crippen molar-refractivity contribution in [3.63, 3.8) is 0 Å². The first-order valence-corrected chi connectivity index (χ1v) is 4.53. The second-order valence-corrected chi connectivity index (χ2v) is 3.21. The number of benzene rings is 1. The number of carbonyl (C=O) groups is 1. The molecule has 14 heavy (non-hydrogen) atoms. The van der Waals surface area contributed by atoms with Crippen molar-refractivity contribution in [2.45, 2.75) is 6.92 Å². The molecule has 0 fully saturated rings. The summed E-state index contributed by atoms with van der Waals surface area (Å²) in [6, 6.07) is 6.87. The van der Waals surface area contributed by atoms with E-state index in [2.05, 4.69) is 9.99 Å². The summed E-state index contributed by atoms with van der Waals surface area (Å²) in [5.41, 5.74) is 0.525. The van der Waals surface area contributed by atoms with Crippen molar-refractivity contribution in [3.8, 4) is 0 Å². The summed E-state index contributed by atoms with van der Waals surface area (Å²) in [6.45, 7) is 1.24. The van der Waals surface area contributed by atoms with Crippen LogP contribution in [0.3, 0.4) is 0 Å². The number of halogens is 2. The first-order valence-electron chi connectivity index (χ1n) is 3.77. The van der Waals surface area contributed by atoms with Gasteiger partial charge in [0.1, 0.15) is 0 Å². The molecule has 1 aromatic carbocycles. The fourth-order valence-electron chi connectivity index (χ4n) is 0.782. The van der Waals surface area contributed by atoms with E-state index in [-0.39, 0.29) is 5.17 Å². The number of rotatable bonds is 2. The molecule has 0 saturated heterocycles. The molecule has 0 atom stereocenters. The van der Waals surface area contributed by atoms with Gasteiger partial charge in [-0.15, -0.1) is 0 Å². The lowest BCUT2D eigenvalue weighted by molar-refractivity contribution is -0.140. The Morgan fingerprint density at radius 1 is 1.43 bits per heavy atom. The van der Waals surface area contributed by atoms with E-state index in [0.29, 0.717) is 10.6 Å². The first kappa shape index (κ1) is 11.0. The Labute approximate surface area is 91.3 Å². The molecule has 74 valence electrons. The normalized spacial score (nSPS) is 11.2. The molecule has 0 amide bonds. The molecule has 0 spiro atoms. The smallest absolute Gasteiger partial charge is 0.317 e. The van der Waals surface area contributed by atoms with Gasteiger partial charge in [-0.05, 0) is 6.07 Å². The van der Waals surface area contributed by atoms with E-state index in [1.54, 1.807) is 24.3 Å². The van der Waals surface area contributed by atoms with Gasteiger partial charge in [0.15, 0.2) is 5.17 Å². The topological polar surface area (TPSA) is 38.7 Å². The molecule has 1 rings (SSSR count). The minimum absolute atomic E-state index is 0.0470. The summed E-state index contributed by atoms with van der Waals surface area (Å²) in [5, 5.41) is 3.90. The van der Waals surface area contributed by atoms with E-state index >= 15 is 0 Å². The van der Waals surface area contributed by atoms with Gasteiger partial charge in [-0.1, -0.05) is 46.6 Å². The summed E-state index contributed by atoms with van der Waals surface area (Å²) in [4.78, 5) is 14.8. The standard InChI is InChI=1S/C9H7Cl2NO2/c1-6(13)14-12-9(11)7-4-2-3-5-8(7)10/h2-5H,1H3/b12-9-.